The fourth-order valence-electron chi connectivity index (χ4n) is 1.86. The number of aliphatic carboxylic acids is 1. The second-order valence-electron chi connectivity index (χ2n) is 4.86. The van der Waals surface area contributed by atoms with E-state index in [0.717, 1.165) is 12.1 Å². The van der Waals surface area contributed by atoms with Gasteiger partial charge in [0.1, 0.15) is 5.75 Å². The molecule has 2 atom stereocenters. The monoisotopic (exact) mass is 305 g/mol. The number of carbonyl (C=O) groups is 1. The zero-order valence-electron chi connectivity index (χ0n) is 11.8. The molecule has 2 unspecified atom stereocenters. The van der Waals surface area contributed by atoms with Crippen LogP contribution in [-0.2, 0) is 17.4 Å². The number of carboxylic acid groups (broad SMARTS) is 1. The van der Waals surface area contributed by atoms with E-state index in [1.54, 1.807) is 6.92 Å². The van der Waals surface area contributed by atoms with Crippen LogP contribution in [0.25, 0.3) is 0 Å². The van der Waals surface area contributed by atoms with Gasteiger partial charge in [0.15, 0.2) is 6.10 Å². The van der Waals surface area contributed by atoms with Crippen LogP contribution in [0.4, 0.5) is 13.2 Å². The first-order chi connectivity index (χ1) is 9.65. The average molecular weight is 305 g/mol. The maximum Gasteiger partial charge on any atom is 0.419 e. The molecule has 21 heavy (non-hydrogen) atoms. The van der Waals surface area contributed by atoms with E-state index in [0.29, 0.717) is 12.0 Å². The number of halogens is 3. The lowest BCUT2D eigenvalue weighted by molar-refractivity contribution is -0.148. The van der Waals surface area contributed by atoms with Crippen LogP contribution in [0.3, 0.4) is 0 Å². The minimum absolute atomic E-state index is 0.0637. The molecule has 4 nitrogen and oxygen atoms in total. The Labute approximate surface area is 120 Å². The third-order valence-electron chi connectivity index (χ3n) is 2.82. The standard InChI is InChI=1S/C14H18F3NO3/c1-3-11(13(19)20)21-12-5-4-9(6-8(2)18)7-10(12)14(15,16)17/h4-5,7-8,11H,3,6,18H2,1-2H3,(H,19,20). The van der Waals surface area contributed by atoms with Crippen molar-refractivity contribution in [2.24, 2.45) is 5.73 Å². The van der Waals surface area contributed by atoms with Gasteiger partial charge in [-0.15, -0.1) is 0 Å². The highest BCUT2D eigenvalue weighted by molar-refractivity contribution is 5.72. The van der Waals surface area contributed by atoms with Crippen LogP contribution in [0.2, 0.25) is 0 Å². The van der Waals surface area contributed by atoms with Gasteiger partial charge in [0.2, 0.25) is 0 Å². The van der Waals surface area contributed by atoms with E-state index in [1.807, 2.05) is 0 Å². The molecule has 0 saturated carbocycles. The van der Waals surface area contributed by atoms with E-state index in [-0.39, 0.29) is 12.5 Å². The summed E-state index contributed by atoms with van der Waals surface area (Å²) in [6.45, 7) is 3.21. The molecule has 0 bridgehead atoms. The van der Waals surface area contributed by atoms with E-state index < -0.39 is 29.6 Å². The van der Waals surface area contributed by atoms with Gasteiger partial charge >= 0.3 is 12.1 Å². The first-order valence-corrected chi connectivity index (χ1v) is 6.50. The number of hydrogen-bond acceptors (Lipinski definition) is 3. The summed E-state index contributed by atoms with van der Waals surface area (Å²) in [5.41, 5.74) is 5.01. The van der Waals surface area contributed by atoms with Crippen LogP contribution < -0.4 is 10.5 Å². The van der Waals surface area contributed by atoms with Gasteiger partial charge in [-0.2, -0.15) is 13.2 Å². The summed E-state index contributed by atoms with van der Waals surface area (Å²) in [6.07, 6.45) is -5.58. The van der Waals surface area contributed by atoms with Crippen LogP contribution in [0.15, 0.2) is 18.2 Å². The Morgan fingerprint density at radius 1 is 1.43 bits per heavy atom. The molecule has 0 heterocycles. The number of carboxylic acids is 1. The van der Waals surface area contributed by atoms with Crippen molar-refractivity contribution in [3.63, 3.8) is 0 Å². The van der Waals surface area contributed by atoms with Crippen molar-refractivity contribution in [1.29, 1.82) is 0 Å². The minimum Gasteiger partial charge on any atom is -0.479 e. The molecule has 7 heteroatoms. The Kier molecular flexibility index (Phi) is 5.60. The highest BCUT2D eigenvalue weighted by Gasteiger charge is 2.35. The van der Waals surface area contributed by atoms with Gasteiger partial charge < -0.3 is 15.6 Å². The normalized spacial score (nSPS) is 14.6. The summed E-state index contributed by atoms with van der Waals surface area (Å²) in [5.74, 6) is -1.78. The molecule has 1 aromatic rings. The summed E-state index contributed by atoms with van der Waals surface area (Å²) < 4.78 is 44.2. The van der Waals surface area contributed by atoms with Crippen LogP contribution in [-0.4, -0.2) is 23.2 Å². The van der Waals surface area contributed by atoms with E-state index in [9.17, 15) is 18.0 Å². The molecule has 1 rings (SSSR count). The number of nitrogens with two attached hydrogens (primary N) is 1. The lowest BCUT2D eigenvalue weighted by Gasteiger charge is -2.19. The predicted molar refractivity (Wildman–Crippen MR) is 71.1 cm³/mol. The van der Waals surface area contributed by atoms with E-state index >= 15 is 0 Å². The quantitative estimate of drug-likeness (QED) is 0.847. The molecule has 0 fully saturated rings. The first-order valence-electron chi connectivity index (χ1n) is 6.50. The Hall–Kier alpha value is -1.76. The predicted octanol–water partition coefficient (Wildman–Crippen LogP) is 2.84. The van der Waals surface area contributed by atoms with Crippen LogP contribution in [0, 0.1) is 0 Å². The van der Waals surface area contributed by atoms with Crippen LogP contribution in [0.5, 0.6) is 5.75 Å². The minimum atomic E-state index is -4.63. The molecule has 3 N–H and O–H groups in total. The highest BCUT2D eigenvalue weighted by Crippen LogP contribution is 2.37. The smallest absolute Gasteiger partial charge is 0.419 e. The summed E-state index contributed by atoms with van der Waals surface area (Å²) in [5, 5.41) is 8.88. The topological polar surface area (TPSA) is 72.5 Å². The number of benzene rings is 1. The second-order valence-corrected chi connectivity index (χ2v) is 4.86. The average Bonchev–Trinajstić information content (AvgIpc) is 2.34. The Bertz CT molecular complexity index is 501. The Balaban J connectivity index is 3.16. The molecular formula is C14H18F3NO3. The summed E-state index contributed by atoms with van der Waals surface area (Å²) in [4.78, 5) is 10.9. The number of ether oxygens (including phenoxy) is 1. The zero-order chi connectivity index (χ0) is 16.2. The maximum atomic E-state index is 13.1. The Morgan fingerprint density at radius 2 is 2.05 bits per heavy atom. The van der Waals surface area contributed by atoms with E-state index in [2.05, 4.69) is 0 Å². The lowest BCUT2D eigenvalue weighted by Crippen LogP contribution is -2.27. The molecule has 0 spiro atoms. The molecule has 0 aromatic heterocycles. The number of alkyl halides is 3. The molecular weight excluding hydrogens is 287 g/mol. The molecule has 118 valence electrons. The zero-order valence-corrected chi connectivity index (χ0v) is 11.8. The largest absolute Gasteiger partial charge is 0.479 e. The lowest BCUT2D eigenvalue weighted by atomic mass is 10.0. The maximum absolute atomic E-state index is 13.1. The molecule has 0 radical (unpaired) electrons. The molecule has 1 aromatic carbocycles. The van der Waals surface area contributed by atoms with Gasteiger partial charge in [-0.3, -0.25) is 0 Å². The molecule has 0 saturated heterocycles. The van der Waals surface area contributed by atoms with Crippen LogP contribution in [0.1, 0.15) is 31.4 Å². The van der Waals surface area contributed by atoms with Gasteiger partial charge in [0.25, 0.3) is 0 Å². The van der Waals surface area contributed by atoms with Crippen molar-refractivity contribution < 1.29 is 27.8 Å². The van der Waals surface area contributed by atoms with Crippen molar-refractivity contribution in [3.8, 4) is 5.75 Å². The highest BCUT2D eigenvalue weighted by atomic mass is 19.4. The van der Waals surface area contributed by atoms with Crippen molar-refractivity contribution >= 4 is 5.97 Å². The van der Waals surface area contributed by atoms with Crippen molar-refractivity contribution in [2.45, 2.75) is 45.0 Å². The summed E-state index contributed by atoms with van der Waals surface area (Å²) in [7, 11) is 0. The molecule has 0 amide bonds. The fraction of sp³-hybridized carbons (Fsp3) is 0.500. The summed E-state index contributed by atoms with van der Waals surface area (Å²) >= 11 is 0. The number of hydrogen-bond donors (Lipinski definition) is 2. The molecule has 0 aliphatic heterocycles. The summed E-state index contributed by atoms with van der Waals surface area (Å²) in [6, 6.07) is 3.28. The Morgan fingerprint density at radius 3 is 2.48 bits per heavy atom. The van der Waals surface area contributed by atoms with E-state index in [4.69, 9.17) is 15.6 Å². The van der Waals surface area contributed by atoms with Gasteiger partial charge in [0, 0.05) is 6.04 Å². The van der Waals surface area contributed by atoms with Gasteiger partial charge in [-0.1, -0.05) is 13.0 Å². The van der Waals surface area contributed by atoms with Crippen molar-refractivity contribution in [1.82, 2.24) is 0 Å². The fourth-order valence-corrected chi connectivity index (χ4v) is 1.86. The second kappa shape index (κ2) is 6.80. The van der Waals surface area contributed by atoms with E-state index in [1.165, 1.54) is 13.0 Å². The number of rotatable bonds is 6. The van der Waals surface area contributed by atoms with Crippen LogP contribution >= 0.6 is 0 Å². The SMILES string of the molecule is CCC(Oc1ccc(CC(C)N)cc1C(F)(F)F)C(=O)O. The van der Waals surface area contributed by atoms with Crippen molar-refractivity contribution in [3.05, 3.63) is 29.3 Å². The third kappa shape index (κ3) is 4.93. The van der Waals surface area contributed by atoms with Gasteiger partial charge in [-0.25, -0.2) is 4.79 Å². The van der Waals surface area contributed by atoms with Crippen molar-refractivity contribution in [2.75, 3.05) is 0 Å². The van der Waals surface area contributed by atoms with Gasteiger partial charge in [0.05, 0.1) is 5.56 Å². The third-order valence-corrected chi connectivity index (χ3v) is 2.82. The molecule has 0 aliphatic rings. The first kappa shape index (κ1) is 17.3. The van der Waals surface area contributed by atoms with Gasteiger partial charge in [-0.05, 0) is 37.5 Å². The molecule has 0 aliphatic carbocycles.